The maximum absolute atomic E-state index is 12.3. The van der Waals surface area contributed by atoms with Crippen molar-refractivity contribution in [1.29, 1.82) is 0 Å². The summed E-state index contributed by atoms with van der Waals surface area (Å²) in [5.74, 6) is 2.20. The summed E-state index contributed by atoms with van der Waals surface area (Å²) in [4.78, 5) is 12.3. The molecule has 29 heavy (non-hydrogen) atoms. The zero-order valence-corrected chi connectivity index (χ0v) is 18.0. The molecule has 6 nitrogen and oxygen atoms in total. The molecule has 0 saturated carbocycles. The van der Waals surface area contributed by atoms with Crippen molar-refractivity contribution in [3.8, 4) is 17.1 Å². The quantitative estimate of drug-likeness (QED) is 0.557. The van der Waals surface area contributed by atoms with E-state index in [9.17, 15) is 4.79 Å². The molecule has 0 atom stereocenters. The molecule has 2 aromatic carbocycles. The fraction of sp³-hybridized carbons (Fsp3) is 0.286. The third kappa shape index (κ3) is 4.79. The van der Waals surface area contributed by atoms with E-state index in [1.807, 2.05) is 24.3 Å². The molecule has 1 aliphatic heterocycles. The first-order chi connectivity index (χ1) is 14.1. The smallest absolute Gasteiger partial charge is 0.262 e. The molecule has 2 heterocycles. The van der Waals surface area contributed by atoms with Crippen LogP contribution in [-0.4, -0.2) is 27.3 Å². The molecule has 3 aromatic rings. The second-order valence-corrected chi connectivity index (χ2v) is 8.19. The Labute approximate surface area is 182 Å². The molecule has 1 N–H and O–H groups in total. The van der Waals surface area contributed by atoms with Crippen LogP contribution in [0.15, 0.2) is 46.9 Å². The van der Waals surface area contributed by atoms with Crippen LogP contribution >= 0.6 is 27.5 Å². The Morgan fingerprint density at radius 3 is 2.93 bits per heavy atom. The number of nitrogens with zero attached hydrogens (tertiary/aromatic N) is 3. The number of aromatic nitrogens is 3. The Balaban J connectivity index is 1.44. The Morgan fingerprint density at radius 1 is 1.17 bits per heavy atom. The third-order valence-electron chi connectivity index (χ3n) is 4.77. The van der Waals surface area contributed by atoms with Crippen molar-refractivity contribution < 1.29 is 9.53 Å². The third-order valence-corrected chi connectivity index (χ3v) is 5.62. The Morgan fingerprint density at radius 2 is 2.07 bits per heavy atom. The van der Waals surface area contributed by atoms with Gasteiger partial charge in [0, 0.05) is 29.2 Å². The SMILES string of the molecule is O=C(COc1ccc(Cl)cc1Br)Nc1cccc(-c2nnc3n2CCCCC3)c1. The number of hydrogen-bond acceptors (Lipinski definition) is 4. The summed E-state index contributed by atoms with van der Waals surface area (Å²) >= 11 is 9.30. The number of hydrogen-bond donors (Lipinski definition) is 1. The number of benzene rings is 2. The molecule has 0 bridgehead atoms. The van der Waals surface area contributed by atoms with Crippen molar-refractivity contribution in [3.05, 3.63) is 57.8 Å². The number of rotatable bonds is 5. The summed E-state index contributed by atoms with van der Waals surface area (Å²) in [5, 5.41) is 12.2. The maximum Gasteiger partial charge on any atom is 0.262 e. The molecule has 0 fully saturated rings. The van der Waals surface area contributed by atoms with E-state index in [1.165, 1.54) is 6.42 Å². The highest BCUT2D eigenvalue weighted by Crippen LogP contribution is 2.28. The number of nitrogens with one attached hydrogen (secondary N) is 1. The van der Waals surface area contributed by atoms with E-state index >= 15 is 0 Å². The summed E-state index contributed by atoms with van der Waals surface area (Å²) in [6.45, 7) is 0.822. The standard InChI is InChI=1S/C21H20BrClN4O2/c22-17-12-15(23)8-9-18(17)29-13-20(28)24-16-6-4-5-14(11-16)21-26-25-19-7-2-1-3-10-27(19)21/h4-6,8-9,11-12H,1-3,7,10,13H2,(H,24,28). The predicted molar refractivity (Wildman–Crippen MR) is 116 cm³/mol. The molecule has 1 aliphatic rings. The van der Waals surface area contributed by atoms with Gasteiger partial charge in [0.25, 0.3) is 5.91 Å². The van der Waals surface area contributed by atoms with E-state index in [0.29, 0.717) is 20.9 Å². The highest BCUT2D eigenvalue weighted by Gasteiger charge is 2.16. The van der Waals surface area contributed by atoms with Gasteiger partial charge in [0.15, 0.2) is 12.4 Å². The van der Waals surface area contributed by atoms with Gasteiger partial charge >= 0.3 is 0 Å². The Bertz CT molecular complexity index is 1040. The van der Waals surface area contributed by atoms with Gasteiger partial charge in [0.05, 0.1) is 4.47 Å². The van der Waals surface area contributed by atoms with Crippen LogP contribution in [-0.2, 0) is 17.8 Å². The average molecular weight is 476 g/mol. The second-order valence-electron chi connectivity index (χ2n) is 6.89. The van der Waals surface area contributed by atoms with E-state index in [2.05, 4.69) is 36.0 Å². The minimum Gasteiger partial charge on any atom is -0.483 e. The number of fused-ring (bicyclic) bond motifs is 1. The van der Waals surface area contributed by atoms with Crippen LogP contribution < -0.4 is 10.1 Å². The van der Waals surface area contributed by atoms with Crippen LogP contribution in [0.3, 0.4) is 0 Å². The molecule has 0 aliphatic carbocycles. The number of aryl methyl sites for hydroxylation is 1. The molecule has 8 heteroatoms. The van der Waals surface area contributed by atoms with Crippen LogP contribution in [0, 0.1) is 0 Å². The minimum absolute atomic E-state index is 0.106. The molecule has 1 aromatic heterocycles. The number of carbonyl (C=O) groups excluding carboxylic acids is 1. The van der Waals surface area contributed by atoms with Crippen molar-refractivity contribution in [2.24, 2.45) is 0 Å². The number of halogens is 2. The van der Waals surface area contributed by atoms with Gasteiger partial charge in [-0.2, -0.15) is 0 Å². The summed E-state index contributed by atoms with van der Waals surface area (Å²) in [7, 11) is 0. The summed E-state index contributed by atoms with van der Waals surface area (Å²) in [6.07, 6.45) is 4.45. The largest absolute Gasteiger partial charge is 0.483 e. The lowest BCUT2D eigenvalue weighted by Crippen LogP contribution is -2.20. The van der Waals surface area contributed by atoms with Gasteiger partial charge in [0.2, 0.25) is 0 Å². The molecular formula is C21H20BrClN4O2. The first-order valence-electron chi connectivity index (χ1n) is 9.50. The Kier molecular flexibility index (Phi) is 6.16. The van der Waals surface area contributed by atoms with Crippen molar-refractivity contribution >= 4 is 39.1 Å². The van der Waals surface area contributed by atoms with Gasteiger partial charge in [-0.25, -0.2) is 0 Å². The molecule has 0 spiro atoms. The van der Waals surface area contributed by atoms with Crippen LogP contribution in [0.2, 0.25) is 5.02 Å². The lowest BCUT2D eigenvalue weighted by Gasteiger charge is -2.11. The fourth-order valence-corrected chi connectivity index (χ4v) is 4.16. The molecule has 150 valence electrons. The number of ether oxygens (including phenoxy) is 1. The van der Waals surface area contributed by atoms with Crippen molar-refractivity contribution in [2.75, 3.05) is 11.9 Å². The topological polar surface area (TPSA) is 69.0 Å². The van der Waals surface area contributed by atoms with Crippen molar-refractivity contribution in [2.45, 2.75) is 32.2 Å². The number of amides is 1. The first-order valence-corrected chi connectivity index (χ1v) is 10.7. The second kappa shape index (κ2) is 8.97. The molecule has 0 radical (unpaired) electrons. The van der Waals surface area contributed by atoms with Gasteiger partial charge in [-0.05, 0) is 59.1 Å². The highest BCUT2D eigenvalue weighted by atomic mass is 79.9. The summed E-state index contributed by atoms with van der Waals surface area (Å²) in [5.41, 5.74) is 1.63. The monoisotopic (exact) mass is 474 g/mol. The molecule has 0 saturated heterocycles. The van der Waals surface area contributed by atoms with Gasteiger partial charge in [-0.15, -0.1) is 10.2 Å². The van der Waals surface area contributed by atoms with Crippen LogP contribution in [0.5, 0.6) is 5.75 Å². The summed E-state index contributed by atoms with van der Waals surface area (Å²) in [6, 6.07) is 12.8. The van der Waals surface area contributed by atoms with E-state index in [4.69, 9.17) is 16.3 Å². The number of carbonyl (C=O) groups is 1. The zero-order chi connectivity index (χ0) is 20.2. The first kappa shape index (κ1) is 19.9. The molecule has 4 rings (SSSR count). The van der Waals surface area contributed by atoms with Gasteiger partial charge < -0.3 is 14.6 Å². The maximum atomic E-state index is 12.3. The van der Waals surface area contributed by atoms with E-state index in [1.54, 1.807) is 18.2 Å². The van der Waals surface area contributed by atoms with E-state index in [-0.39, 0.29) is 12.5 Å². The normalized spacial score (nSPS) is 13.4. The van der Waals surface area contributed by atoms with Crippen LogP contribution in [0.4, 0.5) is 5.69 Å². The predicted octanol–water partition coefficient (Wildman–Crippen LogP) is 5.10. The highest BCUT2D eigenvalue weighted by molar-refractivity contribution is 9.10. The van der Waals surface area contributed by atoms with Crippen molar-refractivity contribution in [1.82, 2.24) is 14.8 Å². The zero-order valence-electron chi connectivity index (χ0n) is 15.7. The van der Waals surface area contributed by atoms with Gasteiger partial charge in [0.1, 0.15) is 11.6 Å². The summed E-state index contributed by atoms with van der Waals surface area (Å²) < 4.78 is 8.46. The van der Waals surface area contributed by atoms with Crippen LogP contribution in [0.1, 0.15) is 25.1 Å². The fourth-order valence-electron chi connectivity index (χ4n) is 3.37. The van der Waals surface area contributed by atoms with Crippen LogP contribution in [0.25, 0.3) is 11.4 Å². The Hall–Kier alpha value is -2.38. The number of anilines is 1. The minimum atomic E-state index is -0.246. The van der Waals surface area contributed by atoms with Gasteiger partial charge in [-0.1, -0.05) is 30.2 Å². The molecular weight excluding hydrogens is 456 g/mol. The van der Waals surface area contributed by atoms with E-state index < -0.39 is 0 Å². The van der Waals surface area contributed by atoms with Gasteiger partial charge in [-0.3, -0.25) is 4.79 Å². The molecule has 1 amide bonds. The molecule has 0 unspecified atom stereocenters. The van der Waals surface area contributed by atoms with Crippen molar-refractivity contribution in [3.63, 3.8) is 0 Å². The lowest BCUT2D eigenvalue weighted by molar-refractivity contribution is -0.118. The van der Waals surface area contributed by atoms with E-state index in [0.717, 1.165) is 43.0 Å². The lowest BCUT2D eigenvalue weighted by atomic mass is 10.2. The average Bonchev–Trinajstić information content (AvgIpc) is 2.96.